The smallest absolute Gasteiger partial charge is 0.193 e. The second kappa shape index (κ2) is 9.36. The molecule has 1 aliphatic rings. The molecule has 6 nitrogen and oxygen atoms in total. The Kier molecular flexibility index (Phi) is 6.63. The Hall–Kier alpha value is -2.37. The van der Waals surface area contributed by atoms with Gasteiger partial charge in [-0.1, -0.05) is 31.2 Å². The number of guanidine groups is 1. The summed E-state index contributed by atoms with van der Waals surface area (Å²) in [5.74, 6) is 2.53. The molecule has 1 aliphatic heterocycles. The van der Waals surface area contributed by atoms with Crippen molar-refractivity contribution in [3.05, 3.63) is 47.5 Å². The van der Waals surface area contributed by atoms with E-state index in [1.165, 1.54) is 11.1 Å². The third-order valence-corrected chi connectivity index (χ3v) is 5.04. The molecule has 2 aromatic rings. The van der Waals surface area contributed by atoms with Gasteiger partial charge >= 0.3 is 0 Å². The monoisotopic (exact) mass is 354 g/mol. The van der Waals surface area contributed by atoms with Gasteiger partial charge in [0.05, 0.1) is 0 Å². The number of H-pyrrole nitrogens is 1. The molecule has 0 atom stereocenters. The van der Waals surface area contributed by atoms with E-state index < -0.39 is 0 Å². The first-order valence-electron chi connectivity index (χ1n) is 9.76. The van der Waals surface area contributed by atoms with Crippen molar-refractivity contribution in [3.8, 4) is 0 Å². The van der Waals surface area contributed by atoms with Crippen LogP contribution in [0.4, 0.5) is 0 Å². The summed E-state index contributed by atoms with van der Waals surface area (Å²) in [6.07, 6.45) is 5.83. The lowest BCUT2D eigenvalue weighted by Gasteiger charge is -2.33. The van der Waals surface area contributed by atoms with Crippen molar-refractivity contribution < 1.29 is 0 Å². The van der Waals surface area contributed by atoms with Crippen LogP contribution in [-0.4, -0.2) is 52.2 Å². The van der Waals surface area contributed by atoms with Crippen LogP contribution in [0.3, 0.4) is 0 Å². The molecule has 3 rings (SSSR count). The van der Waals surface area contributed by atoms with Crippen LogP contribution in [0.15, 0.2) is 35.6 Å². The van der Waals surface area contributed by atoms with E-state index in [0.29, 0.717) is 5.92 Å². The van der Waals surface area contributed by atoms with Gasteiger partial charge < -0.3 is 10.2 Å². The number of aryl methyl sites for hydroxylation is 1. The molecule has 1 aromatic heterocycles. The number of likely N-dealkylation sites (tertiary alicyclic amines) is 1. The van der Waals surface area contributed by atoms with Crippen LogP contribution in [0.2, 0.25) is 0 Å². The van der Waals surface area contributed by atoms with Crippen molar-refractivity contribution in [3.63, 3.8) is 0 Å². The molecule has 0 amide bonds. The fourth-order valence-electron chi connectivity index (χ4n) is 3.43. The zero-order valence-corrected chi connectivity index (χ0v) is 15.9. The van der Waals surface area contributed by atoms with Crippen molar-refractivity contribution >= 4 is 5.96 Å². The van der Waals surface area contributed by atoms with Crippen LogP contribution in [0, 0.1) is 0 Å². The lowest BCUT2D eigenvalue weighted by molar-refractivity contribution is 0.299. The van der Waals surface area contributed by atoms with Crippen molar-refractivity contribution in [2.24, 2.45) is 4.99 Å². The maximum absolute atomic E-state index is 4.86. The molecule has 0 saturated carbocycles. The molecule has 2 N–H and O–H groups in total. The van der Waals surface area contributed by atoms with Crippen LogP contribution >= 0.6 is 0 Å². The zero-order valence-electron chi connectivity index (χ0n) is 15.9. The summed E-state index contributed by atoms with van der Waals surface area (Å²) in [6, 6.07) is 8.89. The summed E-state index contributed by atoms with van der Waals surface area (Å²) in [5, 5.41) is 10.4. The molecule has 0 aliphatic carbocycles. The average molecular weight is 355 g/mol. The number of benzene rings is 1. The summed E-state index contributed by atoms with van der Waals surface area (Å²) in [6.45, 7) is 8.03. The van der Waals surface area contributed by atoms with Crippen LogP contribution in [0.25, 0.3) is 0 Å². The molecule has 2 heterocycles. The Labute approximate surface area is 156 Å². The van der Waals surface area contributed by atoms with Gasteiger partial charge in [0.25, 0.3) is 0 Å². The highest BCUT2D eigenvalue weighted by Crippen LogP contribution is 2.24. The minimum atomic E-state index is 0.480. The normalized spacial score (nSPS) is 16.1. The van der Waals surface area contributed by atoms with Crippen LogP contribution in [0.5, 0.6) is 0 Å². The molecule has 1 fully saturated rings. The molecule has 0 radical (unpaired) electrons. The number of aromatic amines is 1. The summed E-state index contributed by atoms with van der Waals surface area (Å²) >= 11 is 0. The highest BCUT2D eigenvalue weighted by Gasteiger charge is 2.24. The third kappa shape index (κ3) is 4.84. The Morgan fingerprint density at radius 1 is 1.19 bits per heavy atom. The van der Waals surface area contributed by atoms with Crippen molar-refractivity contribution in [1.29, 1.82) is 0 Å². The number of nitrogens with zero attached hydrogens (tertiary/aromatic N) is 4. The average Bonchev–Trinajstić information content (AvgIpc) is 3.23. The quantitative estimate of drug-likeness (QED) is 0.618. The largest absolute Gasteiger partial charge is 0.357 e. The fraction of sp³-hybridized carbons (Fsp3) is 0.550. The first-order chi connectivity index (χ1) is 12.8. The van der Waals surface area contributed by atoms with E-state index >= 15 is 0 Å². The Balaban J connectivity index is 1.53. The lowest BCUT2D eigenvalue weighted by Crippen LogP contribution is -2.45. The van der Waals surface area contributed by atoms with Crippen LogP contribution < -0.4 is 5.32 Å². The summed E-state index contributed by atoms with van der Waals surface area (Å²) in [4.78, 5) is 11.5. The molecular weight excluding hydrogens is 324 g/mol. The maximum Gasteiger partial charge on any atom is 0.193 e. The van der Waals surface area contributed by atoms with Gasteiger partial charge in [-0.2, -0.15) is 5.10 Å². The number of rotatable bonds is 6. The molecule has 0 bridgehead atoms. The Bertz CT molecular complexity index is 669. The molecule has 6 heteroatoms. The van der Waals surface area contributed by atoms with Crippen molar-refractivity contribution in [2.45, 2.75) is 45.4 Å². The van der Waals surface area contributed by atoms with Crippen molar-refractivity contribution in [1.82, 2.24) is 25.4 Å². The summed E-state index contributed by atoms with van der Waals surface area (Å²) < 4.78 is 0. The number of hydrogen-bond donors (Lipinski definition) is 2. The van der Waals surface area contributed by atoms with E-state index in [0.717, 1.165) is 63.6 Å². The van der Waals surface area contributed by atoms with E-state index in [1.807, 2.05) is 0 Å². The topological polar surface area (TPSA) is 69.2 Å². The van der Waals surface area contributed by atoms with Gasteiger partial charge in [0.1, 0.15) is 12.2 Å². The number of piperidine rings is 1. The summed E-state index contributed by atoms with van der Waals surface area (Å²) in [5.41, 5.74) is 2.74. The first-order valence-corrected chi connectivity index (χ1v) is 9.76. The highest BCUT2D eigenvalue weighted by atomic mass is 15.3. The van der Waals surface area contributed by atoms with Gasteiger partial charge in [0, 0.05) is 32.1 Å². The van der Waals surface area contributed by atoms with Crippen molar-refractivity contribution in [2.75, 3.05) is 26.2 Å². The van der Waals surface area contributed by atoms with E-state index in [-0.39, 0.29) is 0 Å². The Morgan fingerprint density at radius 2 is 1.92 bits per heavy atom. The highest BCUT2D eigenvalue weighted by molar-refractivity contribution is 5.80. The molecule has 26 heavy (non-hydrogen) atoms. The fourth-order valence-corrected chi connectivity index (χ4v) is 3.43. The van der Waals surface area contributed by atoms with Crippen LogP contribution in [-0.2, 0) is 12.8 Å². The van der Waals surface area contributed by atoms with E-state index in [4.69, 9.17) is 4.99 Å². The molecular formula is C20H30N6. The van der Waals surface area contributed by atoms with E-state index in [1.54, 1.807) is 6.33 Å². The first kappa shape index (κ1) is 18.4. The predicted molar refractivity (Wildman–Crippen MR) is 105 cm³/mol. The minimum Gasteiger partial charge on any atom is -0.357 e. The van der Waals surface area contributed by atoms with Gasteiger partial charge in [-0.15, -0.1) is 0 Å². The van der Waals surface area contributed by atoms with Gasteiger partial charge in [-0.3, -0.25) is 10.1 Å². The predicted octanol–water partition coefficient (Wildman–Crippen LogP) is 2.75. The minimum absolute atomic E-state index is 0.480. The SMILES string of the molecule is CCNC(=NCCc1ccc(CC)cc1)N1CCC(c2ncn[nH]2)CC1. The lowest BCUT2D eigenvalue weighted by atomic mass is 9.96. The van der Waals surface area contributed by atoms with Gasteiger partial charge in [-0.05, 0) is 43.7 Å². The van der Waals surface area contributed by atoms with Gasteiger partial charge in [0.2, 0.25) is 0 Å². The van der Waals surface area contributed by atoms with Crippen LogP contribution in [0.1, 0.15) is 49.6 Å². The molecule has 140 valence electrons. The Morgan fingerprint density at radius 3 is 2.54 bits per heavy atom. The maximum atomic E-state index is 4.86. The molecule has 1 aromatic carbocycles. The number of nitrogens with one attached hydrogen (secondary N) is 2. The second-order valence-electron chi connectivity index (χ2n) is 6.79. The number of aromatic nitrogens is 3. The van der Waals surface area contributed by atoms with Gasteiger partial charge in [-0.25, -0.2) is 4.98 Å². The molecule has 0 spiro atoms. The zero-order chi connectivity index (χ0) is 18.2. The summed E-state index contributed by atoms with van der Waals surface area (Å²) in [7, 11) is 0. The van der Waals surface area contributed by atoms with E-state index in [2.05, 4.69) is 63.5 Å². The standard InChI is InChI=1S/C20H30N6/c1-3-16-5-7-17(8-6-16)9-12-22-20(21-4-2)26-13-10-18(11-14-26)19-23-15-24-25-19/h5-8,15,18H,3-4,9-14H2,1-2H3,(H,21,22)(H,23,24,25). The molecule has 0 unspecified atom stereocenters. The second-order valence-corrected chi connectivity index (χ2v) is 6.79. The van der Waals surface area contributed by atoms with E-state index in [9.17, 15) is 0 Å². The number of aliphatic imine (C=N–C) groups is 1. The molecule has 1 saturated heterocycles. The third-order valence-electron chi connectivity index (χ3n) is 5.04. The van der Waals surface area contributed by atoms with Gasteiger partial charge in [0.15, 0.2) is 5.96 Å². The number of hydrogen-bond acceptors (Lipinski definition) is 3.